The summed E-state index contributed by atoms with van der Waals surface area (Å²) in [4.78, 5) is 27.0. The molecule has 3 aromatic carbocycles. The Hall–Kier alpha value is -4.26. The molecular weight excluding hydrogens is 428 g/mol. The van der Waals surface area contributed by atoms with E-state index in [2.05, 4.69) is 10.6 Å². The Morgan fingerprint density at radius 3 is 2.24 bits per heavy atom. The summed E-state index contributed by atoms with van der Waals surface area (Å²) in [6.07, 6.45) is 0. The van der Waals surface area contributed by atoms with Crippen molar-refractivity contribution in [2.45, 2.75) is 19.9 Å². The van der Waals surface area contributed by atoms with E-state index in [9.17, 15) is 9.59 Å². The van der Waals surface area contributed by atoms with Gasteiger partial charge < -0.3 is 15.4 Å². The fourth-order valence-corrected chi connectivity index (χ4v) is 3.95. The third kappa shape index (κ3) is 4.45. The molecule has 2 N–H and O–H groups in total. The van der Waals surface area contributed by atoms with Crippen LogP contribution in [0.15, 0.2) is 83.7 Å². The SMILES string of the molecule is COc1ccc(C)cc1NC(=O)[C@@H](Nc1c(C)n(C)n(-c2ccccc2)c1=O)c1ccccc1. The highest BCUT2D eigenvalue weighted by Crippen LogP contribution is 2.28. The summed E-state index contributed by atoms with van der Waals surface area (Å²) in [6, 6.07) is 23.5. The number of hydrogen-bond donors (Lipinski definition) is 2. The van der Waals surface area contributed by atoms with E-state index in [4.69, 9.17) is 4.74 Å². The Morgan fingerprint density at radius 1 is 0.941 bits per heavy atom. The maximum absolute atomic E-state index is 13.5. The molecular formula is C27H28N4O3. The van der Waals surface area contributed by atoms with Crippen LogP contribution in [-0.2, 0) is 11.8 Å². The molecule has 0 bridgehead atoms. The maximum Gasteiger partial charge on any atom is 0.295 e. The lowest BCUT2D eigenvalue weighted by molar-refractivity contribution is -0.117. The van der Waals surface area contributed by atoms with Crippen molar-refractivity contribution in [3.05, 3.63) is 106 Å². The van der Waals surface area contributed by atoms with Crippen molar-refractivity contribution in [1.82, 2.24) is 9.36 Å². The number of aromatic nitrogens is 2. The molecule has 0 saturated heterocycles. The van der Waals surface area contributed by atoms with Crippen LogP contribution in [0.1, 0.15) is 22.9 Å². The zero-order chi connectivity index (χ0) is 24.2. The van der Waals surface area contributed by atoms with Gasteiger partial charge in [0.05, 0.1) is 24.2 Å². The number of para-hydroxylation sites is 1. The number of methoxy groups -OCH3 is 1. The van der Waals surface area contributed by atoms with E-state index < -0.39 is 6.04 Å². The van der Waals surface area contributed by atoms with E-state index in [-0.39, 0.29) is 11.5 Å². The minimum atomic E-state index is -0.801. The van der Waals surface area contributed by atoms with E-state index in [0.29, 0.717) is 17.1 Å². The number of carbonyl (C=O) groups excluding carboxylic acids is 1. The molecule has 174 valence electrons. The molecule has 1 heterocycles. The Morgan fingerprint density at radius 2 is 1.59 bits per heavy atom. The average Bonchev–Trinajstić information content (AvgIpc) is 3.06. The summed E-state index contributed by atoms with van der Waals surface area (Å²) < 4.78 is 8.79. The monoisotopic (exact) mass is 456 g/mol. The molecule has 0 fully saturated rings. The zero-order valence-electron chi connectivity index (χ0n) is 19.7. The molecule has 1 atom stereocenters. The van der Waals surface area contributed by atoms with Crippen molar-refractivity contribution >= 4 is 17.3 Å². The van der Waals surface area contributed by atoms with Crippen LogP contribution >= 0.6 is 0 Å². The van der Waals surface area contributed by atoms with Crippen molar-refractivity contribution in [1.29, 1.82) is 0 Å². The normalized spacial score (nSPS) is 11.6. The van der Waals surface area contributed by atoms with Crippen LogP contribution in [0.5, 0.6) is 5.75 Å². The van der Waals surface area contributed by atoms with E-state index in [1.807, 2.05) is 99.8 Å². The van der Waals surface area contributed by atoms with Gasteiger partial charge in [-0.1, -0.05) is 54.6 Å². The first kappa shape index (κ1) is 22.9. The zero-order valence-corrected chi connectivity index (χ0v) is 19.7. The molecule has 0 saturated carbocycles. The smallest absolute Gasteiger partial charge is 0.295 e. The van der Waals surface area contributed by atoms with Crippen molar-refractivity contribution in [2.75, 3.05) is 17.7 Å². The molecule has 7 nitrogen and oxygen atoms in total. The van der Waals surface area contributed by atoms with Gasteiger partial charge in [-0.25, -0.2) is 4.68 Å². The second-order valence-corrected chi connectivity index (χ2v) is 8.12. The number of nitrogens with zero attached hydrogens (tertiary/aromatic N) is 2. The van der Waals surface area contributed by atoms with Crippen molar-refractivity contribution < 1.29 is 9.53 Å². The highest BCUT2D eigenvalue weighted by Gasteiger charge is 2.26. The molecule has 0 radical (unpaired) electrons. The highest BCUT2D eigenvalue weighted by molar-refractivity contribution is 5.98. The number of anilines is 2. The number of nitrogens with one attached hydrogen (secondary N) is 2. The molecule has 0 aliphatic heterocycles. The number of ether oxygens (including phenoxy) is 1. The standard InChI is InChI=1S/C27H28N4O3/c1-18-15-16-23(34-4)22(17-18)28-26(32)25(20-11-7-5-8-12-20)29-24-19(2)30(3)31(27(24)33)21-13-9-6-10-14-21/h5-17,25,29H,1-4H3,(H,28,32)/t25-/m0/s1. The summed E-state index contributed by atoms with van der Waals surface area (Å²) >= 11 is 0. The van der Waals surface area contributed by atoms with Gasteiger partial charge in [0.25, 0.3) is 11.5 Å². The summed E-state index contributed by atoms with van der Waals surface area (Å²) in [6.45, 7) is 3.80. The number of carbonyl (C=O) groups is 1. The first-order valence-corrected chi connectivity index (χ1v) is 11.0. The minimum absolute atomic E-state index is 0.229. The number of aryl methyl sites for hydroxylation is 1. The summed E-state index contributed by atoms with van der Waals surface area (Å²) in [5.74, 6) is 0.261. The van der Waals surface area contributed by atoms with Gasteiger partial charge in [0, 0.05) is 7.05 Å². The number of hydrogen-bond acceptors (Lipinski definition) is 4. The maximum atomic E-state index is 13.5. The van der Waals surface area contributed by atoms with E-state index >= 15 is 0 Å². The van der Waals surface area contributed by atoms with Gasteiger partial charge in [0.2, 0.25) is 0 Å². The molecule has 0 aliphatic carbocycles. The third-order valence-corrected chi connectivity index (χ3v) is 5.85. The Bertz CT molecular complexity index is 1360. The van der Waals surface area contributed by atoms with Gasteiger partial charge in [-0.05, 0) is 49.2 Å². The lowest BCUT2D eigenvalue weighted by Crippen LogP contribution is -2.30. The fraction of sp³-hybridized carbons (Fsp3) is 0.185. The molecule has 0 unspecified atom stereocenters. The van der Waals surface area contributed by atoms with Gasteiger partial charge in [-0.3, -0.25) is 14.3 Å². The van der Waals surface area contributed by atoms with Crippen LogP contribution in [0, 0.1) is 13.8 Å². The molecule has 7 heteroatoms. The summed E-state index contributed by atoms with van der Waals surface area (Å²) in [5, 5.41) is 6.20. The quantitative estimate of drug-likeness (QED) is 0.426. The van der Waals surface area contributed by atoms with Gasteiger partial charge in [-0.15, -0.1) is 0 Å². The second-order valence-electron chi connectivity index (χ2n) is 8.12. The largest absolute Gasteiger partial charge is 0.495 e. The van der Waals surface area contributed by atoms with Crippen LogP contribution < -0.4 is 20.9 Å². The fourth-order valence-electron chi connectivity index (χ4n) is 3.95. The van der Waals surface area contributed by atoms with E-state index in [0.717, 1.165) is 22.5 Å². The third-order valence-electron chi connectivity index (χ3n) is 5.85. The molecule has 0 aliphatic rings. The molecule has 34 heavy (non-hydrogen) atoms. The molecule has 4 aromatic rings. The molecule has 1 amide bonds. The van der Waals surface area contributed by atoms with Crippen LogP contribution in [0.2, 0.25) is 0 Å². The van der Waals surface area contributed by atoms with E-state index in [1.165, 1.54) is 0 Å². The summed E-state index contributed by atoms with van der Waals surface area (Å²) in [7, 11) is 3.39. The lowest BCUT2D eigenvalue weighted by atomic mass is 10.1. The van der Waals surface area contributed by atoms with Crippen molar-refractivity contribution in [2.24, 2.45) is 7.05 Å². The molecule has 0 spiro atoms. The first-order chi connectivity index (χ1) is 16.4. The topological polar surface area (TPSA) is 77.3 Å². The highest BCUT2D eigenvalue weighted by atomic mass is 16.5. The van der Waals surface area contributed by atoms with Crippen LogP contribution in [0.3, 0.4) is 0 Å². The molecule has 4 rings (SSSR count). The van der Waals surface area contributed by atoms with Gasteiger partial charge in [0.15, 0.2) is 0 Å². The van der Waals surface area contributed by atoms with Crippen LogP contribution in [-0.4, -0.2) is 22.4 Å². The molecule has 1 aromatic heterocycles. The van der Waals surface area contributed by atoms with Crippen LogP contribution in [0.4, 0.5) is 11.4 Å². The van der Waals surface area contributed by atoms with Gasteiger partial charge >= 0.3 is 0 Å². The van der Waals surface area contributed by atoms with Crippen LogP contribution in [0.25, 0.3) is 5.69 Å². The first-order valence-electron chi connectivity index (χ1n) is 11.0. The minimum Gasteiger partial charge on any atom is -0.495 e. The lowest BCUT2D eigenvalue weighted by Gasteiger charge is -2.20. The van der Waals surface area contributed by atoms with E-state index in [1.54, 1.807) is 16.5 Å². The average molecular weight is 457 g/mol. The van der Waals surface area contributed by atoms with Gasteiger partial charge in [0.1, 0.15) is 17.5 Å². The van der Waals surface area contributed by atoms with Crippen molar-refractivity contribution in [3.8, 4) is 11.4 Å². The summed E-state index contributed by atoms with van der Waals surface area (Å²) in [5.41, 5.74) is 3.90. The Balaban J connectivity index is 1.74. The Kier molecular flexibility index (Phi) is 6.54. The van der Waals surface area contributed by atoms with Crippen molar-refractivity contribution in [3.63, 3.8) is 0 Å². The van der Waals surface area contributed by atoms with Gasteiger partial charge in [-0.2, -0.15) is 0 Å². The number of amides is 1. The predicted octanol–water partition coefficient (Wildman–Crippen LogP) is 4.59. The predicted molar refractivity (Wildman–Crippen MR) is 135 cm³/mol. The number of benzene rings is 3. The number of rotatable bonds is 7. The second kappa shape index (κ2) is 9.70. The Labute approximate surface area is 198 Å².